The lowest BCUT2D eigenvalue weighted by Gasteiger charge is -2.21. The van der Waals surface area contributed by atoms with Gasteiger partial charge in [-0.3, -0.25) is 9.36 Å². The first-order valence-electron chi connectivity index (χ1n) is 12.6. The predicted octanol–water partition coefficient (Wildman–Crippen LogP) is 4.34. The highest BCUT2D eigenvalue weighted by atomic mass is 35.5. The Balaban J connectivity index is 1.94. The van der Waals surface area contributed by atoms with E-state index in [9.17, 15) is 31.9 Å². The number of thioether (sulfide) groups is 1. The minimum Gasteiger partial charge on any atom is -0.437 e. The van der Waals surface area contributed by atoms with E-state index in [2.05, 4.69) is 9.72 Å². The van der Waals surface area contributed by atoms with Crippen molar-refractivity contribution >= 4 is 40.5 Å². The van der Waals surface area contributed by atoms with E-state index in [1.165, 1.54) is 40.6 Å². The number of aromatic nitrogens is 4. The number of carbonyl (C=O) groups is 1. The van der Waals surface area contributed by atoms with Gasteiger partial charge in [0.05, 0.1) is 6.54 Å². The van der Waals surface area contributed by atoms with E-state index in [0.29, 0.717) is 25.9 Å². The maximum Gasteiger partial charge on any atom is 0.490 e. The van der Waals surface area contributed by atoms with Crippen LogP contribution in [0.15, 0.2) is 63.3 Å². The van der Waals surface area contributed by atoms with Gasteiger partial charge in [0, 0.05) is 22.9 Å². The molecule has 0 fully saturated rings. The molecule has 224 valence electrons. The average molecular weight is 628 g/mol. The number of benzene rings is 2. The summed E-state index contributed by atoms with van der Waals surface area (Å²) < 4.78 is 58.7. The SMILES string of the molecule is CC(C)(CN)Sc1nc2c(c(=O)n(COC(=O)C(F)(F)F)c(=O)n2CCc2ccc(F)cc2)n1Cc1ccccc1Cl. The maximum absolute atomic E-state index is 13.7. The van der Waals surface area contributed by atoms with E-state index in [4.69, 9.17) is 17.3 Å². The fourth-order valence-corrected chi connectivity index (χ4v) is 5.16. The smallest absolute Gasteiger partial charge is 0.437 e. The van der Waals surface area contributed by atoms with Crippen molar-refractivity contribution < 1.29 is 27.1 Å². The molecule has 0 unspecified atom stereocenters. The number of carbonyl (C=O) groups excluding carboxylic acids is 1. The number of nitrogens with two attached hydrogens (primary N) is 1. The molecule has 2 N–H and O–H groups in total. The maximum atomic E-state index is 13.7. The Bertz CT molecular complexity index is 1730. The van der Waals surface area contributed by atoms with Crippen LogP contribution in [0, 0.1) is 5.82 Å². The minimum absolute atomic E-state index is 0.0207. The molecule has 2 aromatic heterocycles. The molecular formula is C27H26ClF4N5O4S. The largest absolute Gasteiger partial charge is 0.490 e. The lowest BCUT2D eigenvalue weighted by molar-refractivity contribution is -0.203. The third-order valence-electron chi connectivity index (χ3n) is 6.32. The van der Waals surface area contributed by atoms with Crippen molar-refractivity contribution in [1.29, 1.82) is 0 Å². The molecule has 0 saturated carbocycles. The van der Waals surface area contributed by atoms with Crippen molar-refractivity contribution in [2.45, 2.75) is 56.2 Å². The fraction of sp³-hybridized carbons (Fsp3) is 0.333. The second-order valence-electron chi connectivity index (χ2n) is 9.91. The molecule has 0 amide bonds. The Kier molecular flexibility index (Phi) is 9.18. The van der Waals surface area contributed by atoms with Gasteiger partial charge in [-0.15, -0.1) is 0 Å². The predicted molar refractivity (Wildman–Crippen MR) is 150 cm³/mol. The second-order valence-corrected chi connectivity index (χ2v) is 12.0. The molecule has 2 heterocycles. The number of nitrogens with zero attached hydrogens (tertiary/aromatic N) is 4. The Morgan fingerprint density at radius 3 is 2.33 bits per heavy atom. The number of fused-ring (bicyclic) bond motifs is 1. The molecule has 4 aromatic rings. The van der Waals surface area contributed by atoms with Gasteiger partial charge < -0.3 is 15.0 Å². The van der Waals surface area contributed by atoms with Crippen LogP contribution in [0.2, 0.25) is 5.02 Å². The van der Waals surface area contributed by atoms with Crippen LogP contribution in [0.3, 0.4) is 0 Å². The third-order valence-corrected chi connectivity index (χ3v) is 7.90. The van der Waals surface area contributed by atoms with Crippen molar-refractivity contribution in [3.05, 3.63) is 91.3 Å². The summed E-state index contributed by atoms with van der Waals surface area (Å²) in [4.78, 5) is 43.3. The molecule has 42 heavy (non-hydrogen) atoms. The lowest BCUT2D eigenvalue weighted by atomic mass is 10.1. The van der Waals surface area contributed by atoms with Gasteiger partial charge in [-0.2, -0.15) is 13.2 Å². The molecule has 0 aliphatic rings. The van der Waals surface area contributed by atoms with Crippen LogP contribution < -0.4 is 17.0 Å². The van der Waals surface area contributed by atoms with Crippen LogP contribution in [0.25, 0.3) is 11.2 Å². The average Bonchev–Trinajstić information content (AvgIpc) is 3.26. The first-order chi connectivity index (χ1) is 19.7. The van der Waals surface area contributed by atoms with Crippen LogP contribution in [0.1, 0.15) is 25.0 Å². The first kappa shape index (κ1) is 31.3. The molecule has 0 aliphatic heterocycles. The number of aryl methyl sites for hydroxylation is 2. The monoisotopic (exact) mass is 627 g/mol. The summed E-state index contributed by atoms with van der Waals surface area (Å²) in [6, 6.07) is 12.4. The Labute approximate surface area is 245 Å². The quantitative estimate of drug-likeness (QED) is 0.158. The summed E-state index contributed by atoms with van der Waals surface area (Å²) in [6.45, 7) is 2.59. The third kappa shape index (κ3) is 6.88. The van der Waals surface area contributed by atoms with Crippen LogP contribution in [0.5, 0.6) is 0 Å². The van der Waals surface area contributed by atoms with Gasteiger partial charge >= 0.3 is 17.8 Å². The number of hydrogen-bond donors (Lipinski definition) is 1. The summed E-state index contributed by atoms with van der Waals surface area (Å²) in [6.07, 6.45) is -5.15. The topological polar surface area (TPSA) is 114 Å². The summed E-state index contributed by atoms with van der Waals surface area (Å²) in [7, 11) is 0. The highest BCUT2D eigenvalue weighted by Gasteiger charge is 2.41. The number of halogens is 5. The van der Waals surface area contributed by atoms with E-state index < -0.39 is 40.7 Å². The number of alkyl halides is 3. The van der Waals surface area contributed by atoms with E-state index in [-0.39, 0.29) is 37.2 Å². The zero-order chi connectivity index (χ0) is 30.8. The van der Waals surface area contributed by atoms with Gasteiger partial charge in [0.2, 0.25) is 0 Å². The molecule has 0 saturated heterocycles. The molecule has 9 nitrogen and oxygen atoms in total. The van der Waals surface area contributed by atoms with Crippen molar-refractivity contribution in [1.82, 2.24) is 18.7 Å². The fourth-order valence-electron chi connectivity index (χ4n) is 3.99. The Morgan fingerprint density at radius 1 is 1.05 bits per heavy atom. The van der Waals surface area contributed by atoms with E-state index >= 15 is 0 Å². The van der Waals surface area contributed by atoms with Crippen LogP contribution in [-0.2, 0) is 35.8 Å². The van der Waals surface area contributed by atoms with Crippen molar-refractivity contribution in [2.75, 3.05) is 6.54 Å². The summed E-state index contributed by atoms with van der Waals surface area (Å²) in [5.74, 6) is -3.02. The molecule has 0 atom stereocenters. The first-order valence-corrected chi connectivity index (χ1v) is 13.8. The zero-order valence-corrected chi connectivity index (χ0v) is 24.0. The summed E-state index contributed by atoms with van der Waals surface area (Å²) in [5.41, 5.74) is 4.98. The van der Waals surface area contributed by atoms with E-state index in [0.717, 1.165) is 4.57 Å². The molecule has 4 rings (SSSR count). The number of imidazole rings is 1. The van der Waals surface area contributed by atoms with Gasteiger partial charge in [0.25, 0.3) is 5.56 Å². The van der Waals surface area contributed by atoms with Gasteiger partial charge in [-0.1, -0.05) is 53.7 Å². The number of rotatable bonds is 10. The zero-order valence-electron chi connectivity index (χ0n) is 22.5. The van der Waals surface area contributed by atoms with E-state index in [1.54, 1.807) is 24.3 Å². The van der Waals surface area contributed by atoms with Crippen molar-refractivity contribution in [3.63, 3.8) is 0 Å². The molecule has 0 spiro atoms. The van der Waals surface area contributed by atoms with Crippen LogP contribution >= 0.6 is 23.4 Å². The number of esters is 1. The van der Waals surface area contributed by atoms with Crippen molar-refractivity contribution in [3.8, 4) is 0 Å². The van der Waals surface area contributed by atoms with Crippen molar-refractivity contribution in [2.24, 2.45) is 5.73 Å². The lowest BCUT2D eigenvalue weighted by Crippen LogP contribution is -2.42. The second kappa shape index (κ2) is 12.3. The van der Waals surface area contributed by atoms with Crippen LogP contribution in [0.4, 0.5) is 17.6 Å². The standard InChI is InChI=1S/C27H26ClF4N5O4S/c1-26(2,14-33)42-24-34-21-20(36(24)13-17-5-3-4-6-19(17)28)22(38)37(15-41-23(39)27(30,31)32)25(40)35(21)12-11-16-7-9-18(29)10-8-16/h3-10H,11-15,33H2,1-2H3. The Hall–Kier alpha value is -3.62. The van der Waals surface area contributed by atoms with Gasteiger partial charge in [0.1, 0.15) is 5.82 Å². The highest BCUT2D eigenvalue weighted by Crippen LogP contribution is 2.33. The minimum atomic E-state index is -5.33. The van der Waals surface area contributed by atoms with Crippen LogP contribution in [-0.4, -0.2) is 42.1 Å². The Morgan fingerprint density at radius 2 is 1.71 bits per heavy atom. The van der Waals surface area contributed by atoms with Gasteiger partial charge in [0.15, 0.2) is 23.1 Å². The van der Waals surface area contributed by atoms with Gasteiger partial charge in [-0.05, 0) is 49.6 Å². The molecule has 0 aliphatic carbocycles. The molecule has 0 radical (unpaired) electrons. The molecule has 15 heteroatoms. The molecule has 0 bridgehead atoms. The summed E-state index contributed by atoms with van der Waals surface area (Å²) in [5, 5.41) is 0.690. The number of hydrogen-bond acceptors (Lipinski definition) is 7. The highest BCUT2D eigenvalue weighted by molar-refractivity contribution is 8.00. The molecular weight excluding hydrogens is 602 g/mol. The number of ether oxygens (including phenoxy) is 1. The van der Waals surface area contributed by atoms with Gasteiger partial charge in [-0.25, -0.2) is 23.5 Å². The molecule has 2 aromatic carbocycles. The summed E-state index contributed by atoms with van der Waals surface area (Å²) >= 11 is 7.63. The normalized spacial score (nSPS) is 12.2. The van der Waals surface area contributed by atoms with E-state index in [1.807, 2.05) is 13.8 Å².